The Hall–Kier alpha value is -1.95. The minimum atomic E-state index is 0.735. The van der Waals surface area contributed by atoms with Crippen LogP contribution < -0.4 is 4.90 Å². The van der Waals surface area contributed by atoms with Crippen LogP contribution in [0.25, 0.3) is 11.4 Å². The van der Waals surface area contributed by atoms with Gasteiger partial charge in [0.15, 0.2) is 0 Å². The van der Waals surface area contributed by atoms with Crippen LogP contribution in [0.4, 0.5) is 5.95 Å². The molecule has 1 saturated heterocycles. The molecule has 0 aliphatic carbocycles. The molecule has 2 aromatic heterocycles. The van der Waals surface area contributed by atoms with Crippen molar-refractivity contribution in [2.45, 2.75) is 13.3 Å². The highest BCUT2D eigenvalue weighted by molar-refractivity contribution is 5.56. The second kappa shape index (κ2) is 5.36. The Bertz CT molecular complexity index is 534. The molecule has 0 radical (unpaired) electrons. The van der Waals surface area contributed by atoms with Crippen LogP contribution in [0.2, 0.25) is 0 Å². The van der Waals surface area contributed by atoms with Crippen molar-refractivity contribution in [3.8, 4) is 11.4 Å². The number of nitrogens with zero attached hydrogens (tertiary/aromatic N) is 4. The van der Waals surface area contributed by atoms with E-state index in [4.69, 9.17) is 4.74 Å². The number of hydrogen-bond donors (Lipinski definition) is 1. The molecule has 0 atom stereocenters. The Morgan fingerprint density at radius 2 is 2.16 bits per heavy atom. The SMILES string of the molecule is CCc1cc(-c2ccn[nH]2)nc(N2CCOCC2)n1. The Kier molecular flexibility index (Phi) is 3.41. The van der Waals surface area contributed by atoms with Gasteiger partial charge in [0.2, 0.25) is 5.95 Å². The Balaban J connectivity index is 1.97. The van der Waals surface area contributed by atoms with Crippen LogP contribution in [-0.4, -0.2) is 46.5 Å². The molecule has 19 heavy (non-hydrogen) atoms. The lowest BCUT2D eigenvalue weighted by Crippen LogP contribution is -2.37. The summed E-state index contributed by atoms with van der Waals surface area (Å²) < 4.78 is 5.37. The number of anilines is 1. The maximum absolute atomic E-state index is 5.37. The van der Waals surface area contributed by atoms with Crippen LogP contribution in [0.3, 0.4) is 0 Å². The first-order valence-electron chi connectivity index (χ1n) is 6.57. The fourth-order valence-corrected chi connectivity index (χ4v) is 2.11. The van der Waals surface area contributed by atoms with E-state index in [9.17, 15) is 0 Å². The second-order valence-corrected chi connectivity index (χ2v) is 4.47. The zero-order chi connectivity index (χ0) is 13.1. The first kappa shape index (κ1) is 12.1. The zero-order valence-electron chi connectivity index (χ0n) is 11.0. The molecule has 6 heteroatoms. The van der Waals surface area contributed by atoms with Crippen molar-refractivity contribution in [2.75, 3.05) is 31.2 Å². The predicted molar refractivity (Wildman–Crippen MR) is 72.0 cm³/mol. The number of nitrogens with one attached hydrogen (secondary N) is 1. The summed E-state index contributed by atoms with van der Waals surface area (Å²) in [5.74, 6) is 0.784. The summed E-state index contributed by atoms with van der Waals surface area (Å²) in [4.78, 5) is 11.4. The smallest absolute Gasteiger partial charge is 0.226 e. The van der Waals surface area contributed by atoms with Crippen LogP contribution in [0.1, 0.15) is 12.6 Å². The van der Waals surface area contributed by atoms with Crippen LogP contribution in [-0.2, 0) is 11.2 Å². The standard InChI is InChI=1S/C13H17N5O/c1-2-10-9-12(11-3-4-14-17-11)16-13(15-10)18-5-7-19-8-6-18/h3-4,9H,2,5-8H2,1H3,(H,14,17). The molecule has 0 saturated carbocycles. The molecule has 1 fully saturated rings. The summed E-state index contributed by atoms with van der Waals surface area (Å²) in [6, 6.07) is 3.93. The molecule has 0 bridgehead atoms. The van der Waals surface area contributed by atoms with E-state index in [-0.39, 0.29) is 0 Å². The van der Waals surface area contributed by atoms with Gasteiger partial charge in [0.25, 0.3) is 0 Å². The fraction of sp³-hybridized carbons (Fsp3) is 0.462. The average Bonchev–Trinajstić information content (AvgIpc) is 3.02. The molecule has 1 N–H and O–H groups in total. The van der Waals surface area contributed by atoms with E-state index < -0.39 is 0 Å². The molecule has 1 aliphatic heterocycles. The van der Waals surface area contributed by atoms with Gasteiger partial charge in [-0.15, -0.1) is 0 Å². The summed E-state index contributed by atoms with van der Waals surface area (Å²) in [5.41, 5.74) is 2.86. The summed E-state index contributed by atoms with van der Waals surface area (Å²) in [5, 5.41) is 6.93. The lowest BCUT2D eigenvalue weighted by atomic mass is 10.2. The van der Waals surface area contributed by atoms with Crippen LogP contribution in [0, 0.1) is 0 Å². The number of aromatic amines is 1. The minimum Gasteiger partial charge on any atom is -0.378 e. The molecule has 3 rings (SSSR count). The van der Waals surface area contributed by atoms with Crippen molar-refractivity contribution in [3.63, 3.8) is 0 Å². The third-order valence-electron chi connectivity index (χ3n) is 3.20. The largest absolute Gasteiger partial charge is 0.378 e. The molecular weight excluding hydrogens is 242 g/mol. The predicted octanol–water partition coefficient (Wildman–Crippen LogP) is 1.27. The van der Waals surface area contributed by atoms with E-state index in [0.29, 0.717) is 0 Å². The molecular formula is C13H17N5O. The number of morpholine rings is 1. The quantitative estimate of drug-likeness (QED) is 0.899. The van der Waals surface area contributed by atoms with Gasteiger partial charge >= 0.3 is 0 Å². The highest BCUT2D eigenvalue weighted by Crippen LogP contribution is 2.19. The van der Waals surface area contributed by atoms with Gasteiger partial charge in [-0.3, -0.25) is 5.10 Å². The molecule has 6 nitrogen and oxygen atoms in total. The molecule has 1 aliphatic rings. The first-order valence-corrected chi connectivity index (χ1v) is 6.57. The number of aryl methyl sites for hydroxylation is 1. The van der Waals surface area contributed by atoms with Crippen molar-refractivity contribution >= 4 is 5.95 Å². The van der Waals surface area contributed by atoms with E-state index in [0.717, 1.165) is 55.8 Å². The maximum atomic E-state index is 5.37. The summed E-state index contributed by atoms with van der Waals surface area (Å²) in [6.07, 6.45) is 2.62. The highest BCUT2D eigenvalue weighted by atomic mass is 16.5. The van der Waals surface area contributed by atoms with Crippen molar-refractivity contribution in [1.29, 1.82) is 0 Å². The van der Waals surface area contributed by atoms with E-state index in [1.807, 2.05) is 12.1 Å². The van der Waals surface area contributed by atoms with Gasteiger partial charge in [0, 0.05) is 25.0 Å². The van der Waals surface area contributed by atoms with Gasteiger partial charge in [-0.2, -0.15) is 5.10 Å². The summed E-state index contributed by atoms with van der Waals surface area (Å²) in [7, 11) is 0. The molecule has 0 aromatic carbocycles. The number of H-pyrrole nitrogens is 1. The molecule has 3 heterocycles. The van der Waals surface area contributed by atoms with Gasteiger partial charge in [-0.25, -0.2) is 9.97 Å². The van der Waals surface area contributed by atoms with Crippen molar-refractivity contribution < 1.29 is 4.74 Å². The molecule has 0 spiro atoms. The Morgan fingerprint density at radius 3 is 2.84 bits per heavy atom. The fourth-order valence-electron chi connectivity index (χ4n) is 2.11. The lowest BCUT2D eigenvalue weighted by Gasteiger charge is -2.27. The van der Waals surface area contributed by atoms with Gasteiger partial charge < -0.3 is 9.64 Å². The van der Waals surface area contributed by atoms with Gasteiger partial charge in [0.05, 0.1) is 24.6 Å². The Morgan fingerprint density at radius 1 is 1.32 bits per heavy atom. The van der Waals surface area contributed by atoms with Crippen molar-refractivity contribution in [1.82, 2.24) is 20.2 Å². The maximum Gasteiger partial charge on any atom is 0.226 e. The molecule has 0 amide bonds. The lowest BCUT2D eigenvalue weighted by molar-refractivity contribution is 0.122. The van der Waals surface area contributed by atoms with Crippen molar-refractivity contribution in [2.24, 2.45) is 0 Å². The first-order chi connectivity index (χ1) is 9.36. The normalized spacial score (nSPS) is 15.7. The Labute approximate surface area is 111 Å². The zero-order valence-corrected chi connectivity index (χ0v) is 11.0. The van der Waals surface area contributed by atoms with Crippen LogP contribution in [0.5, 0.6) is 0 Å². The van der Waals surface area contributed by atoms with E-state index >= 15 is 0 Å². The van der Waals surface area contributed by atoms with Gasteiger partial charge in [0.1, 0.15) is 0 Å². The third-order valence-corrected chi connectivity index (χ3v) is 3.20. The minimum absolute atomic E-state index is 0.735. The second-order valence-electron chi connectivity index (χ2n) is 4.47. The topological polar surface area (TPSA) is 66.9 Å². The summed E-state index contributed by atoms with van der Waals surface area (Å²) >= 11 is 0. The van der Waals surface area contributed by atoms with Crippen LogP contribution >= 0.6 is 0 Å². The summed E-state index contributed by atoms with van der Waals surface area (Å²) in [6.45, 7) is 5.26. The monoisotopic (exact) mass is 259 g/mol. The van der Waals surface area contributed by atoms with Crippen molar-refractivity contribution in [3.05, 3.63) is 24.0 Å². The van der Waals surface area contributed by atoms with E-state index in [2.05, 4.69) is 32.0 Å². The number of rotatable bonds is 3. The number of hydrogen-bond acceptors (Lipinski definition) is 5. The average molecular weight is 259 g/mol. The van der Waals surface area contributed by atoms with Gasteiger partial charge in [-0.1, -0.05) is 6.92 Å². The number of ether oxygens (including phenoxy) is 1. The van der Waals surface area contributed by atoms with E-state index in [1.165, 1.54) is 0 Å². The molecule has 2 aromatic rings. The van der Waals surface area contributed by atoms with Crippen LogP contribution in [0.15, 0.2) is 18.3 Å². The van der Waals surface area contributed by atoms with E-state index in [1.54, 1.807) is 6.20 Å². The number of aromatic nitrogens is 4. The molecule has 0 unspecified atom stereocenters. The third kappa shape index (κ3) is 2.58. The van der Waals surface area contributed by atoms with Gasteiger partial charge in [-0.05, 0) is 18.6 Å². The highest BCUT2D eigenvalue weighted by Gasteiger charge is 2.16. The molecule has 100 valence electrons.